The van der Waals surface area contributed by atoms with E-state index < -0.39 is 0 Å². The first kappa shape index (κ1) is 13.5. The molecule has 1 aliphatic heterocycles. The number of rotatable bonds is 5. The van der Waals surface area contributed by atoms with E-state index in [4.69, 9.17) is 9.15 Å². The topological polar surface area (TPSA) is 50.5 Å². The molecule has 0 spiro atoms. The second-order valence-corrected chi connectivity index (χ2v) is 4.83. The lowest BCUT2D eigenvalue weighted by Crippen LogP contribution is -2.46. The van der Waals surface area contributed by atoms with Crippen molar-refractivity contribution in [3.63, 3.8) is 0 Å². The van der Waals surface area contributed by atoms with Crippen LogP contribution < -0.4 is 5.32 Å². The van der Waals surface area contributed by atoms with E-state index in [2.05, 4.69) is 29.0 Å². The number of ether oxygens (including phenoxy) is 1. The highest BCUT2D eigenvalue weighted by Gasteiger charge is 2.20. The number of aryl methyl sites for hydroxylation is 1. The third-order valence-electron chi connectivity index (χ3n) is 3.33. The monoisotopic (exact) mass is 253 g/mol. The lowest BCUT2D eigenvalue weighted by atomic mass is 10.2. The largest absolute Gasteiger partial charge is 0.444 e. The lowest BCUT2D eigenvalue weighted by Gasteiger charge is -2.32. The SMILES string of the molecule is CCN1CCOC(CNC(C)c2ncc(C)o2)C1. The molecule has 2 heterocycles. The van der Waals surface area contributed by atoms with Crippen LogP contribution in [0.2, 0.25) is 0 Å². The van der Waals surface area contributed by atoms with Crippen molar-refractivity contribution >= 4 is 0 Å². The summed E-state index contributed by atoms with van der Waals surface area (Å²) in [6, 6.07) is 0.124. The highest BCUT2D eigenvalue weighted by Crippen LogP contribution is 2.12. The molecule has 0 radical (unpaired) electrons. The number of nitrogens with one attached hydrogen (secondary N) is 1. The predicted molar refractivity (Wildman–Crippen MR) is 69.5 cm³/mol. The third kappa shape index (κ3) is 3.54. The number of hydrogen-bond acceptors (Lipinski definition) is 5. The molecule has 1 aromatic rings. The molecule has 0 saturated carbocycles. The van der Waals surface area contributed by atoms with E-state index in [-0.39, 0.29) is 12.1 Å². The Morgan fingerprint density at radius 3 is 3.11 bits per heavy atom. The van der Waals surface area contributed by atoms with Gasteiger partial charge in [-0.1, -0.05) is 6.92 Å². The number of aromatic nitrogens is 1. The molecule has 0 aliphatic carbocycles. The minimum Gasteiger partial charge on any atom is -0.444 e. The Bertz CT molecular complexity index is 367. The molecular formula is C13H23N3O2. The van der Waals surface area contributed by atoms with E-state index in [0.717, 1.165) is 44.4 Å². The maximum absolute atomic E-state index is 5.75. The zero-order valence-electron chi connectivity index (χ0n) is 11.5. The molecule has 1 fully saturated rings. The molecule has 2 rings (SSSR count). The normalized spacial score (nSPS) is 23.2. The molecule has 1 aliphatic rings. The van der Waals surface area contributed by atoms with Gasteiger partial charge in [-0.2, -0.15) is 0 Å². The van der Waals surface area contributed by atoms with Crippen LogP contribution in [0, 0.1) is 6.92 Å². The van der Waals surface area contributed by atoms with Crippen molar-refractivity contribution in [2.75, 3.05) is 32.8 Å². The van der Waals surface area contributed by atoms with Crippen molar-refractivity contribution < 1.29 is 9.15 Å². The molecule has 102 valence electrons. The van der Waals surface area contributed by atoms with Gasteiger partial charge in [0.05, 0.1) is 24.9 Å². The number of morpholine rings is 1. The van der Waals surface area contributed by atoms with Crippen LogP contribution in [0.5, 0.6) is 0 Å². The fourth-order valence-corrected chi connectivity index (χ4v) is 2.16. The zero-order valence-corrected chi connectivity index (χ0v) is 11.5. The van der Waals surface area contributed by atoms with Crippen LogP contribution in [0.4, 0.5) is 0 Å². The summed E-state index contributed by atoms with van der Waals surface area (Å²) in [5.74, 6) is 1.60. The standard InChI is InChI=1S/C13H23N3O2/c1-4-16-5-6-17-12(9-16)8-14-11(3)13-15-7-10(2)18-13/h7,11-12,14H,4-6,8-9H2,1-3H3. The van der Waals surface area contributed by atoms with Crippen molar-refractivity contribution in [1.29, 1.82) is 0 Å². The summed E-state index contributed by atoms with van der Waals surface area (Å²) >= 11 is 0. The molecule has 1 saturated heterocycles. The highest BCUT2D eigenvalue weighted by atomic mass is 16.5. The average molecular weight is 253 g/mol. The van der Waals surface area contributed by atoms with Gasteiger partial charge in [0.2, 0.25) is 5.89 Å². The number of oxazole rings is 1. The van der Waals surface area contributed by atoms with E-state index in [0.29, 0.717) is 0 Å². The van der Waals surface area contributed by atoms with Gasteiger partial charge in [0.25, 0.3) is 0 Å². The average Bonchev–Trinajstić information content (AvgIpc) is 2.83. The summed E-state index contributed by atoms with van der Waals surface area (Å²) in [5.41, 5.74) is 0. The molecular weight excluding hydrogens is 230 g/mol. The highest BCUT2D eigenvalue weighted by molar-refractivity contribution is 4.95. The van der Waals surface area contributed by atoms with Gasteiger partial charge in [-0.15, -0.1) is 0 Å². The van der Waals surface area contributed by atoms with Gasteiger partial charge in [0.15, 0.2) is 0 Å². The molecule has 0 bridgehead atoms. The van der Waals surface area contributed by atoms with Crippen LogP contribution in [0.3, 0.4) is 0 Å². The van der Waals surface area contributed by atoms with Crippen molar-refractivity contribution in [3.8, 4) is 0 Å². The second-order valence-electron chi connectivity index (χ2n) is 4.83. The maximum atomic E-state index is 5.75. The van der Waals surface area contributed by atoms with Crippen LogP contribution in [0.25, 0.3) is 0 Å². The van der Waals surface area contributed by atoms with Crippen molar-refractivity contribution in [2.45, 2.75) is 32.9 Å². The Labute approximate surface area is 109 Å². The summed E-state index contributed by atoms with van der Waals surface area (Å²) in [4.78, 5) is 6.64. The fourth-order valence-electron chi connectivity index (χ4n) is 2.16. The summed E-state index contributed by atoms with van der Waals surface area (Å²) in [6.45, 7) is 11.0. The summed E-state index contributed by atoms with van der Waals surface area (Å²) in [6.07, 6.45) is 2.01. The van der Waals surface area contributed by atoms with E-state index in [1.165, 1.54) is 0 Å². The van der Waals surface area contributed by atoms with E-state index in [1.807, 2.05) is 6.92 Å². The Morgan fingerprint density at radius 2 is 2.44 bits per heavy atom. The molecule has 5 heteroatoms. The number of nitrogens with zero attached hydrogens (tertiary/aromatic N) is 2. The van der Waals surface area contributed by atoms with Gasteiger partial charge in [0, 0.05) is 19.6 Å². The minimum absolute atomic E-state index is 0.124. The molecule has 0 amide bonds. The van der Waals surface area contributed by atoms with Gasteiger partial charge in [0.1, 0.15) is 5.76 Å². The molecule has 1 N–H and O–H groups in total. The van der Waals surface area contributed by atoms with Gasteiger partial charge in [-0.05, 0) is 20.4 Å². The van der Waals surface area contributed by atoms with E-state index in [9.17, 15) is 0 Å². The summed E-state index contributed by atoms with van der Waals surface area (Å²) < 4.78 is 11.2. The van der Waals surface area contributed by atoms with E-state index in [1.54, 1.807) is 6.20 Å². The van der Waals surface area contributed by atoms with Gasteiger partial charge >= 0.3 is 0 Å². The van der Waals surface area contributed by atoms with Crippen molar-refractivity contribution in [3.05, 3.63) is 17.8 Å². The molecule has 0 aromatic carbocycles. The van der Waals surface area contributed by atoms with Gasteiger partial charge in [-0.3, -0.25) is 4.90 Å². The molecule has 2 unspecified atom stereocenters. The first-order valence-corrected chi connectivity index (χ1v) is 6.68. The quantitative estimate of drug-likeness (QED) is 0.858. The van der Waals surface area contributed by atoms with Crippen LogP contribution in [0.15, 0.2) is 10.6 Å². The summed E-state index contributed by atoms with van der Waals surface area (Å²) in [5, 5.41) is 3.42. The zero-order chi connectivity index (χ0) is 13.0. The van der Waals surface area contributed by atoms with Crippen LogP contribution in [0.1, 0.15) is 31.5 Å². The van der Waals surface area contributed by atoms with Crippen molar-refractivity contribution in [2.24, 2.45) is 0 Å². The lowest BCUT2D eigenvalue weighted by molar-refractivity contribution is -0.0264. The van der Waals surface area contributed by atoms with Crippen LogP contribution in [-0.4, -0.2) is 48.8 Å². The predicted octanol–water partition coefficient (Wildman–Crippen LogP) is 1.35. The first-order chi connectivity index (χ1) is 8.69. The number of likely N-dealkylation sites (N-methyl/N-ethyl adjacent to an activating group) is 1. The Kier molecular flexibility index (Phi) is 4.74. The third-order valence-corrected chi connectivity index (χ3v) is 3.33. The Balaban J connectivity index is 1.77. The van der Waals surface area contributed by atoms with E-state index >= 15 is 0 Å². The van der Waals surface area contributed by atoms with Gasteiger partial charge in [-0.25, -0.2) is 4.98 Å². The Morgan fingerprint density at radius 1 is 1.61 bits per heavy atom. The summed E-state index contributed by atoms with van der Waals surface area (Å²) in [7, 11) is 0. The first-order valence-electron chi connectivity index (χ1n) is 6.68. The molecule has 18 heavy (non-hydrogen) atoms. The van der Waals surface area contributed by atoms with Crippen LogP contribution >= 0.6 is 0 Å². The second kappa shape index (κ2) is 6.31. The molecule has 1 aromatic heterocycles. The van der Waals surface area contributed by atoms with Crippen LogP contribution in [-0.2, 0) is 4.74 Å². The van der Waals surface area contributed by atoms with Gasteiger partial charge < -0.3 is 14.5 Å². The maximum Gasteiger partial charge on any atom is 0.211 e. The Hall–Kier alpha value is -0.910. The fraction of sp³-hybridized carbons (Fsp3) is 0.769. The smallest absolute Gasteiger partial charge is 0.211 e. The van der Waals surface area contributed by atoms with Crippen molar-refractivity contribution in [1.82, 2.24) is 15.2 Å². The molecule has 2 atom stereocenters. The number of hydrogen-bond donors (Lipinski definition) is 1. The molecule has 5 nitrogen and oxygen atoms in total. The minimum atomic E-state index is 0.124.